The normalized spacial score (nSPS) is 16.1. The number of rotatable bonds is 4. The summed E-state index contributed by atoms with van der Waals surface area (Å²) in [6.45, 7) is 1.94. The molecule has 1 aliphatic heterocycles. The number of nitrogens with zero attached hydrogens (tertiary/aromatic N) is 2. The molecule has 2 heterocycles. The van der Waals surface area contributed by atoms with E-state index in [0.29, 0.717) is 17.6 Å². The Labute approximate surface area is 170 Å². The van der Waals surface area contributed by atoms with E-state index in [9.17, 15) is 27.3 Å². The van der Waals surface area contributed by atoms with Crippen LogP contribution in [0, 0.1) is 6.92 Å². The quantitative estimate of drug-likeness (QED) is 0.537. The van der Waals surface area contributed by atoms with Crippen LogP contribution in [0.4, 0.5) is 18.9 Å². The fraction of sp³-hybridized carbons (Fsp3) is 0.235. The van der Waals surface area contributed by atoms with Crippen LogP contribution in [-0.4, -0.2) is 33.9 Å². The predicted molar refractivity (Wildman–Crippen MR) is 103 cm³/mol. The first-order valence-electron chi connectivity index (χ1n) is 8.41. The van der Waals surface area contributed by atoms with Crippen LogP contribution in [0.5, 0.6) is 5.75 Å². The molecule has 1 unspecified atom stereocenters. The molecule has 1 aromatic carbocycles. The van der Waals surface area contributed by atoms with Gasteiger partial charge in [-0.2, -0.15) is 13.2 Å². The molecule has 30 heavy (non-hydrogen) atoms. The number of furan rings is 1. The van der Waals surface area contributed by atoms with Gasteiger partial charge in [0, 0.05) is 7.05 Å². The van der Waals surface area contributed by atoms with Crippen molar-refractivity contribution in [3.63, 3.8) is 0 Å². The molecular weight excluding hydrogens is 427 g/mol. The fourth-order valence-corrected chi connectivity index (χ4v) is 3.26. The molecule has 0 fully saturated rings. The lowest BCUT2D eigenvalue weighted by molar-refractivity contribution is -0.138. The summed E-state index contributed by atoms with van der Waals surface area (Å²) >= 11 is -1.97. The number of hydrogen-bond acceptors (Lipinski definition) is 6. The summed E-state index contributed by atoms with van der Waals surface area (Å²) in [4.78, 5) is 11.9. The number of aromatic hydroxyl groups is 1. The Balaban J connectivity index is 1.87. The number of aryl methyl sites for hydroxylation is 1. The first-order valence-corrected chi connectivity index (χ1v) is 9.47. The van der Waals surface area contributed by atoms with Crippen LogP contribution in [0.15, 0.2) is 37.5 Å². The Morgan fingerprint density at radius 1 is 1.20 bits per heavy atom. The van der Waals surface area contributed by atoms with E-state index < -0.39 is 40.1 Å². The van der Waals surface area contributed by atoms with Gasteiger partial charge >= 0.3 is 6.18 Å². The van der Waals surface area contributed by atoms with Crippen molar-refractivity contribution in [2.45, 2.75) is 19.6 Å². The summed E-state index contributed by atoms with van der Waals surface area (Å²) in [7, 11) is 1.14. The number of phenols is 1. The second kappa shape index (κ2) is 8.18. The van der Waals surface area contributed by atoms with Crippen molar-refractivity contribution in [1.82, 2.24) is 10.6 Å². The highest BCUT2D eigenvalue weighted by atomic mass is 32.2. The maximum absolute atomic E-state index is 13.2. The number of nitrogens with one attached hydrogen (secondary N) is 3. The molecule has 0 radical (unpaired) electrons. The van der Waals surface area contributed by atoms with Gasteiger partial charge in [0.05, 0.1) is 23.4 Å². The Kier molecular flexibility index (Phi) is 5.82. The number of amidine groups is 2. The summed E-state index contributed by atoms with van der Waals surface area (Å²) in [6, 6.07) is 5.05. The highest BCUT2D eigenvalue weighted by molar-refractivity contribution is 7.83. The van der Waals surface area contributed by atoms with Crippen LogP contribution in [0.2, 0.25) is 0 Å². The Bertz CT molecular complexity index is 1080. The maximum atomic E-state index is 13.2. The molecule has 0 aliphatic carbocycles. The zero-order valence-corrected chi connectivity index (χ0v) is 16.4. The molecule has 1 aromatic heterocycles. The number of halogens is 3. The highest BCUT2D eigenvalue weighted by Crippen LogP contribution is 2.39. The van der Waals surface area contributed by atoms with E-state index in [2.05, 4.69) is 24.7 Å². The second-order valence-corrected chi connectivity index (χ2v) is 6.89. The number of phenolic OH excluding ortho intramolecular Hbond substituents is 1. The maximum Gasteiger partial charge on any atom is 0.417 e. The minimum Gasteiger partial charge on any atom is -0.505 e. The van der Waals surface area contributed by atoms with Crippen molar-refractivity contribution >= 4 is 34.4 Å². The number of anilines is 1. The van der Waals surface area contributed by atoms with Gasteiger partial charge in [-0.1, -0.05) is 0 Å². The van der Waals surface area contributed by atoms with E-state index >= 15 is 0 Å². The van der Waals surface area contributed by atoms with Gasteiger partial charge in [0.1, 0.15) is 11.5 Å². The average Bonchev–Trinajstić information content (AvgIpc) is 3.24. The highest BCUT2D eigenvalue weighted by Gasteiger charge is 2.37. The van der Waals surface area contributed by atoms with E-state index in [1.165, 1.54) is 0 Å². The van der Waals surface area contributed by atoms with E-state index in [0.717, 1.165) is 13.1 Å². The zero-order chi connectivity index (χ0) is 22.1. The number of hydrogen-bond donors (Lipinski definition) is 4. The summed E-state index contributed by atoms with van der Waals surface area (Å²) in [6.07, 6.45) is -4.86. The summed E-state index contributed by atoms with van der Waals surface area (Å²) in [5.41, 5.74) is -2.50. The van der Waals surface area contributed by atoms with Crippen molar-refractivity contribution in [3.05, 3.63) is 46.9 Å². The second-order valence-electron chi connectivity index (χ2n) is 6.06. The largest absolute Gasteiger partial charge is 0.505 e. The smallest absolute Gasteiger partial charge is 0.417 e. The summed E-state index contributed by atoms with van der Waals surface area (Å²) in [5.74, 6) is -0.859. The van der Waals surface area contributed by atoms with Crippen molar-refractivity contribution < 1.29 is 31.7 Å². The molecular formula is C17H16F3N5O4S. The van der Waals surface area contributed by atoms with Crippen molar-refractivity contribution in [1.29, 1.82) is 0 Å². The van der Waals surface area contributed by atoms with E-state index in [4.69, 9.17) is 4.42 Å². The first-order chi connectivity index (χ1) is 14.1. The van der Waals surface area contributed by atoms with E-state index in [1.807, 2.05) is 0 Å². The number of carbonyl (C=O) groups is 1. The van der Waals surface area contributed by atoms with Crippen LogP contribution in [-0.2, 0) is 23.9 Å². The SMILES string of the molecule is CNC(=O)c1c(C(F)(F)F)ccc(NC2=NS(=O)N=C2NCc2ccc(C)o2)c1O. The van der Waals surface area contributed by atoms with Gasteiger partial charge in [0.2, 0.25) is 0 Å². The van der Waals surface area contributed by atoms with E-state index in [-0.39, 0.29) is 23.9 Å². The van der Waals surface area contributed by atoms with Gasteiger partial charge in [0.15, 0.2) is 17.4 Å². The van der Waals surface area contributed by atoms with E-state index in [1.54, 1.807) is 19.1 Å². The lowest BCUT2D eigenvalue weighted by Crippen LogP contribution is -2.33. The Morgan fingerprint density at radius 2 is 1.90 bits per heavy atom. The molecule has 160 valence electrons. The molecule has 0 saturated heterocycles. The van der Waals surface area contributed by atoms with Crippen LogP contribution in [0.3, 0.4) is 0 Å². The van der Waals surface area contributed by atoms with Gasteiger partial charge < -0.3 is 25.5 Å². The van der Waals surface area contributed by atoms with Crippen LogP contribution in [0.25, 0.3) is 0 Å². The Morgan fingerprint density at radius 3 is 2.50 bits per heavy atom. The lowest BCUT2D eigenvalue weighted by Gasteiger charge is -2.17. The molecule has 3 rings (SSSR count). The number of alkyl halides is 3. The zero-order valence-electron chi connectivity index (χ0n) is 15.6. The molecule has 4 N–H and O–H groups in total. The molecule has 9 nitrogen and oxygen atoms in total. The van der Waals surface area contributed by atoms with Crippen molar-refractivity contribution in [3.8, 4) is 5.75 Å². The molecule has 1 amide bonds. The standard InChI is InChI=1S/C17H16F3N5O4S/c1-8-3-4-9(29-8)7-22-14-15(25-30(28)24-14)23-11-6-5-10(17(18,19)20)12(13(11)26)16(27)21-2/h3-6,26H,7H2,1-2H3,(H,21,27)(H,22,24)(H,23,25). The minimum atomic E-state index is -4.86. The third kappa shape index (κ3) is 4.45. The molecule has 1 atom stereocenters. The van der Waals surface area contributed by atoms with Gasteiger partial charge in [-0.3, -0.25) is 4.79 Å². The molecule has 0 bridgehead atoms. The van der Waals surface area contributed by atoms with Gasteiger partial charge in [-0.05, 0) is 31.2 Å². The number of carbonyl (C=O) groups excluding carboxylic acids is 1. The van der Waals surface area contributed by atoms with Crippen LogP contribution in [0.1, 0.15) is 27.4 Å². The third-order valence-electron chi connectivity index (χ3n) is 3.98. The predicted octanol–water partition coefficient (Wildman–Crippen LogP) is 2.26. The molecule has 13 heteroatoms. The van der Waals surface area contributed by atoms with Gasteiger partial charge in [-0.25, -0.2) is 4.21 Å². The fourth-order valence-electron chi connectivity index (χ4n) is 2.62. The molecule has 2 aromatic rings. The summed E-state index contributed by atoms with van der Waals surface area (Å²) < 4.78 is 64.3. The number of benzene rings is 1. The number of amides is 1. The minimum absolute atomic E-state index is 0.0446. The third-order valence-corrected chi connectivity index (χ3v) is 4.66. The monoisotopic (exact) mass is 443 g/mol. The first kappa shape index (κ1) is 21.4. The summed E-state index contributed by atoms with van der Waals surface area (Å²) in [5, 5.41) is 17.8. The van der Waals surface area contributed by atoms with Crippen molar-refractivity contribution in [2.24, 2.45) is 8.80 Å². The average molecular weight is 443 g/mol. The van der Waals surface area contributed by atoms with Crippen LogP contribution < -0.4 is 16.0 Å². The van der Waals surface area contributed by atoms with Gasteiger partial charge in [0.25, 0.3) is 17.1 Å². The van der Waals surface area contributed by atoms with Gasteiger partial charge in [-0.15, -0.1) is 8.80 Å². The topological polar surface area (TPSA) is 128 Å². The van der Waals surface area contributed by atoms with Crippen LogP contribution >= 0.6 is 0 Å². The lowest BCUT2D eigenvalue weighted by atomic mass is 10.0. The molecule has 1 aliphatic rings. The molecule has 0 saturated carbocycles. The Hall–Kier alpha value is -3.35. The molecule has 0 spiro atoms. The van der Waals surface area contributed by atoms with Crippen molar-refractivity contribution in [2.75, 3.05) is 12.4 Å².